The minimum absolute atomic E-state index is 0.0858. The van der Waals surface area contributed by atoms with E-state index in [1.165, 1.54) is 0 Å². The third-order valence-corrected chi connectivity index (χ3v) is 2.77. The summed E-state index contributed by atoms with van der Waals surface area (Å²) < 4.78 is 1.71. The van der Waals surface area contributed by atoms with Gasteiger partial charge < -0.3 is 10.6 Å². The summed E-state index contributed by atoms with van der Waals surface area (Å²) in [5.74, 6) is -0.0858. The van der Waals surface area contributed by atoms with Crippen LogP contribution in [0.25, 0.3) is 0 Å². The van der Waals surface area contributed by atoms with Crippen LogP contribution >= 0.6 is 0 Å². The average molecular weight is 274 g/mol. The Balaban J connectivity index is 1.72. The van der Waals surface area contributed by atoms with Crippen molar-refractivity contribution >= 4 is 11.6 Å². The maximum atomic E-state index is 11.8. The van der Waals surface area contributed by atoms with Gasteiger partial charge in [0.1, 0.15) is 0 Å². The summed E-state index contributed by atoms with van der Waals surface area (Å²) in [5.41, 5.74) is 2.51. The Labute approximate surface area is 117 Å². The molecular weight excluding hydrogens is 256 g/mol. The molecule has 20 heavy (non-hydrogen) atoms. The number of nitrogens with zero attached hydrogens (tertiary/aromatic N) is 4. The predicted octanol–water partition coefficient (Wildman–Crippen LogP) is 0.518. The molecule has 0 spiro atoms. The quantitative estimate of drug-likeness (QED) is 0.750. The van der Waals surface area contributed by atoms with E-state index in [1.807, 2.05) is 26.0 Å². The van der Waals surface area contributed by atoms with Crippen LogP contribution in [0.5, 0.6) is 0 Å². The maximum Gasteiger partial charge on any atom is 0.238 e. The van der Waals surface area contributed by atoms with Crippen LogP contribution in [0.4, 0.5) is 5.69 Å². The molecular formula is C13H18N6O. The molecule has 2 aromatic rings. The second-order valence-corrected chi connectivity index (χ2v) is 4.48. The minimum atomic E-state index is -0.0858. The summed E-state index contributed by atoms with van der Waals surface area (Å²) in [5, 5.41) is 13.4. The third-order valence-electron chi connectivity index (χ3n) is 2.77. The van der Waals surface area contributed by atoms with E-state index in [0.717, 1.165) is 17.1 Å². The summed E-state index contributed by atoms with van der Waals surface area (Å²) in [4.78, 5) is 16.1. The van der Waals surface area contributed by atoms with E-state index in [-0.39, 0.29) is 12.5 Å². The normalized spacial score (nSPS) is 10.5. The SMILES string of the molecule is Cc1ccc(NC(=O)CNCCn2ccnn2)c(C)n1. The summed E-state index contributed by atoms with van der Waals surface area (Å²) in [6.45, 7) is 5.38. The molecule has 0 unspecified atom stereocenters. The Hall–Kier alpha value is -2.28. The zero-order chi connectivity index (χ0) is 14.4. The van der Waals surface area contributed by atoms with Gasteiger partial charge in [0.25, 0.3) is 0 Å². The van der Waals surface area contributed by atoms with E-state index in [9.17, 15) is 4.79 Å². The number of rotatable bonds is 6. The van der Waals surface area contributed by atoms with Crippen LogP contribution in [0.1, 0.15) is 11.4 Å². The van der Waals surface area contributed by atoms with Gasteiger partial charge in [-0.3, -0.25) is 14.5 Å². The van der Waals surface area contributed by atoms with Crippen LogP contribution in [0.3, 0.4) is 0 Å². The molecule has 0 aromatic carbocycles. The van der Waals surface area contributed by atoms with Gasteiger partial charge in [0.2, 0.25) is 5.91 Å². The summed E-state index contributed by atoms with van der Waals surface area (Å²) >= 11 is 0. The smallest absolute Gasteiger partial charge is 0.238 e. The molecule has 2 rings (SSSR count). The Morgan fingerprint density at radius 1 is 1.35 bits per heavy atom. The van der Waals surface area contributed by atoms with Crippen LogP contribution in [0.2, 0.25) is 0 Å². The molecule has 0 saturated heterocycles. The third kappa shape index (κ3) is 4.13. The van der Waals surface area contributed by atoms with Crippen molar-refractivity contribution < 1.29 is 4.79 Å². The van der Waals surface area contributed by atoms with E-state index < -0.39 is 0 Å². The highest BCUT2D eigenvalue weighted by molar-refractivity contribution is 5.92. The molecule has 0 saturated carbocycles. The summed E-state index contributed by atoms with van der Waals surface area (Å²) in [6, 6.07) is 3.74. The lowest BCUT2D eigenvalue weighted by Gasteiger charge is -2.09. The molecule has 0 aliphatic carbocycles. The van der Waals surface area contributed by atoms with Crippen molar-refractivity contribution in [1.82, 2.24) is 25.3 Å². The standard InChI is InChI=1S/C13H18N6O/c1-10-3-4-12(11(2)16-10)17-13(20)9-14-5-7-19-8-6-15-18-19/h3-4,6,8,14H,5,7,9H2,1-2H3,(H,17,20). The number of carbonyl (C=O) groups excluding carboxylic acids is 1. The fraction of sp³-hybridized carbons (Fsp3) is 0.385. The molecule has 106 valence electrons. The first-order valence-corrected chi connectivity index (χ1v) is 6.44. The van der Waals surface area contributed by atoms with Crippen molar-refractivity contribution in [2.75, 3.05) is 18.4 Å². The number of aryl methyl sites for hydroxylation is 2. The first kappa shape index (κ1) is 14.1. The summed E-state index contributed by atoms with van der Waals surface area (Å²) in [6.07, 6.45) is 3.41. The molecule has 7 heteroatoms. The van der Waals surface area contributed by atoms with Crippen LogP contribution in [-0.4, -0.2) is 39.0 Å². The number of aromatic nitrogens is 4. The first-order valence-electron chi connectivity index (χ1n) is 6.44. The largest absolute Gasteiger partial charge is 0.323 e. The van der Waals surface area contributed by atoms with Gasteiger partial charge in [-0.2, -0.15) is 0 Å². The Kier molecular flexibility index (Phi) is 4.78. The monoisotopic (exact) mass is 274 g/mol. The number of hydrogen-bond donors (Lipinski definition) is 2. The highest BCUT2D eigenvalue weighted by Crippen LogP contribution is 2.11. The van der Waals surface area contributed by atoms with Gasteiger partial charge in [-0.15, -0.1) is 5.10 Å². The maximum absolute atomic E-state index is 11.8. The number of hydrogen-bond acceptors (Lipinski definition) is 5. The predicted molar refractivity (Wildman–Crippen MR) is 75.2 cm³/mol. The van der Waals surface area contributed by atoms with Gasteiger partial charge in [-0.1, -0.05) is 5.21 Å². The van der Waals surface area contributed by atoms with Gasteiger partial charge in [-0.05, 0) is 26.0 Å². The first-order chi connectivity index (χ1) is 9.65. The second-order valence-electron chi connectivity index (χ2n) is 4.48. The molecule has 0 fully saturated rings. The van der Waals surface area contributed by atoms with Crippen molar-refractivity contribution in [2.45, 2.75) is 20.4 Å². The van der Waals surface area contributed by atoms with Crippen molar-refractivity contribution in [2.24, 2.45) is 0 Å². The van der Waals surface area contributed by atoms with Crippen LogP contribution in [0.15, 0.2) is 24.5 Å². The number of nitrogens with one attached hydrogen (secondary N) is 2. The van der Waals surface area contributed by atoms with E-state index in [2.05, 4.69) is 25.9 Å². The molecule has 0 bridgehead atoms. The molecule has 7 nitrogen and oxygen atoms in total. The molecule has 0 aliphatic heterocycles. The lowest BCUT2D eigenvalue weighted by atomic mass is 10.2. The van der Waals surface area contributed by atoms with E-state index in [1.54, 1.807) is 17.1 Å². The summed E-state index contributed by atoms with van der Waals surface area (Å²) in [7, 11) is 0. The molecule has 2 aromatic heterocycles. The molecule has 1 amide bonds. The lowest BCUT2D eigenvalue weighted by Crippen LogP contribution is -2.30. The van der Waals surface area contributed by atoms with Crippen molar-refractivity contribution in [3.63, 3.8) is 0 Å². The minimum Gasteiger partial charge on any atom is -0.323 e. The molecule has 2 N–H and O–H groups in total. The average Bonchev–Trinajstić information content (AvgIpc) is 2.91. The highest BCUT2D eigenvalue weighted by atomic mass is 16.1. The van der Waals surface area contributed by atoms with E-state index in [0.29, 0.717) is 13.1 Å². The zero-order valence-corrected chi connectivity index (χ0v) is 11.6. The van der Waals surface area contributed by atoms with Gasteiger partial charge >= 0.3 is 0 Å². The second kappa shape index (κ2) is 6.76. The molecule has 2 heterocycles. The fourth-order valence-corrected chi connectivity index (χ4v) is 1.76. The van der Waals surface area contributed by atoms with Gasteiger partial charge in [0.05, 0.1) is 30.7 Å². The Bertz CT molecular complexity index is 566. The number of anilines is 1. The lowest BCUT2D eigenvalue weighted by molar-refractivity contribution is -0.115. The Morgan fingerprint density at radius 3 is 2.90 bits per heavy atom. The van der Waals surface area contributed by atoms with Crippen LogP contribution in [0, 0.1) is 13.8 Å². The number of pyridine rings is 1. The Morgan fingerprint density at radius 2 is 2.20 bits per heavy atom. The van der Waals surface area contributed by atoms with E-state index >= 15 is 0 Å². The van der Waals surface area contributed by atoms with Gasteiger partial charge in [-0.25, -0.2) is 0 Å². The van der Waals surface area contributed by atoms with Crippen molar-refractivity contribution in [1.29, 1.82) is 0 Å². The molecule has 0 radical (unpaired) electrons. The van der Waals surface area contributed by atoms with Crippen molar-refractivity contribution in [3.8, 4) is 0 Å². The fourth-order valence-electron chi connectivity index (χ4n) is 1.76. The highest BCUT2D eigenvalue weighted by Gasteiger charge is 2.05. The topological polar surface area (TPSA) is 84.7 Å². The molecule has 0 aliphatic rings. The van der Waals surface area contributed by atoms with E-state index in [4.69, 9.17) is 0 Å². The van der Waals surface area contributed by atoms with Crippen LogP contribution in [-0.2, 0) is 11.3 Å². The molecule has 0 atom stereocenters. The van der Waals surface area contributed by atoms with Crippen LogP contribution < -0.4 is 10.6 Å². The zero-order valence-electron chi connectivity index (χ0n) is 11.6. The number of carbonyl (C=O) groups is 1. The van der Waals surface area contributed by atoms with Crippen molar-refractivity contribution in [3.05, 3.63) is 35.9 Å². The van der Waals surface area contributed by atoms with Gasteiger partial charge in [0.15, 0.2) is 0 Å². The number of amides is 1. The van der Waals surface area contributed by atoms with Gasteiger partial charge in [0, 0.05) is 18.4 Å².